The number of aryl methyl sites for hydroxylation is 1. The van der Waals surface area contributed by atoms with E-state index in [-0.39, 0.29) is 5.91 Å². The third kappa shape index (κ3) is 6.44. The molecule has 0 aliphatic rings. The van der Waals surface area contributed by atoms with Crippen molar-refractivity contribution in [2.75, 3.05) is 13.6 Å². The van der Waals surface area contributed by atoms with Crippen LogP contribution in [-0.4, -0.2) is 35.6 Å². The van der Waals surface area contributed by atoms with Gasteiger partial charge in [-0.1, -0.05) is 42.5 Å². The van der Waals surface area contributed by atoms with Gasteiger partial charge in [-0.15, -0.1) is 0 Å². The van der Waals surface area contributed by atoms with Crippen molar-refractivity contribution in [3.05, 3.63) is 95.1 Å². The first-order chi connectivity index (χ1) is 16.7. The number of hydrogen-bond donors (Lipinski definition) is 1. The lowest BCUT2D eigenvalue weighted by Crippen LogP contribution is -2.23. The van der Waals surface area contributed by atoms with Crippen LogP contribution in [0.1, 0.15) is 52.2 Å². The summed E-state index contributed by atoms with van der Waals surface area (Å²) in [6, 6.07) is 8.17. The second-order valence-corrected chi connectivity index (χ2v) is 8.59. The highest BCUT2D eigenvalue weighted by molar-refractivity contribution is 5.93. The molecular formula is C30H38N4O. The van der Waals surface area contributed by atoms with Gasteiger partial charge in [-0.25, -0.2) is 4.99 Å². The van der Waals surface area contributed by atoms with Crippen LogP contribution in [0.3, 0.4) is 0 Å². The Bertz CT molecular complexity index is 1240. The molecule has 0 radical (unpaired) electrons. The Morgan fingerprint density at radius 2 is 1.91 bits per heavy atom. The molecular weight excluding hydrogens is 432 g/mol. The van der Waals surface area contributed by atoms with Crippen LogP contribution in [0, 0.1) is 6.92 Å². The highest BCUT2D eigenvalue weighted by atomic mass is 16.2. The highest BCUT2D eigenvalue weighted by Crippen LogP contribution is 2.38. The van der Waals surface area contributed by atoms with Gasteiger partial charge >= 0.3 is 0 Å². The van der Waals surface area contributed by atoms with E-state index in [1.54, 1.807) is 11.1 Å². The lowest BCUT2D eigenvalue weighted by molar-refractivity contribution is -0.123. The van der Waals surface area contributed by atoms with Gasteiger partial charge in [0, 0.05) is 48.7 Å². The first-order valence-electron chi connectivity index (χ1n) is 11.9. The van der Waals surface area contributed by atoms with Crippen molar-refractivity contribution in [3.63, 3.8) is 0 Å². The van der Waals surface area contributed by atoms with Crippen LogP contribution in [0.5, 0.6) is 0 Å². The molecule has 0 saturated carbocycles. The number of benzene rings is 1. The number of allylic oxidation sites excluding steroid dienone is 5. The van der Waals surface area contributed by atoms with E-state index >= 15 is 0 Å². The van der Waals surface area contributed by atoms with Gasteiger partial charge in [0.2, 0.25) is 5.91 Å². The number of amides is 1. The number of aliphatic imine (C=N–C) groups is 1. The Labute approximate surface area is 210 Å². The summed E-state index contributed by atoms with van der Waals surface area (Å²) >= 11 is 0. The Morgan fingerprint density at radius 3 is 2.49 bits per heavy atom. The zero-order valence-corrected chi connectivity index (χ0v) is 22.2. The fourth-order valence-electron chi connectivity index (χ4n) is 4.27. The molecule has 0 aliphatic heterocycles. The van der Waals surface area contributed by atoms with Crippen molar-refractivity contribution >= 4 is 28.6 Å². The normalized spacial score (nSPS) is 13.4. The van der Waals surface area contributed by atoms with Gasteiger partial charge in [-0.3, -0.25) is 9.78 Å². The maximum absolute atomic E-state index is 12.2. The molecule has 1 heterocycles. The van der Waals surface area contributed by atoms with Crippen LogP contribution in [0.4, 0.5) is 0 Å². The molecule has 2 rings (SSSR count). The van der Waals surface area contributed by atoms with E-state index in [1.807, 2.05) is 65.3 Å². The molecule has 0 aliphatic carbocycles. The summed E-state index contributed by atoms with van der Waals surface area (Å²) in [6.45, 7) is 20.6. The lowest BCUT2D eigenvalue weighted by Gasteiger charge is -2.22. The molecule has 35 heavy (non-hydrogen) atoms. The molecule has 1 aromatic heterocycles. The number of pyridine rings is 1. The first kappa shape index (κ1) is 27.5. The zero-order valence-electron chi connectivity index (χ0n) is 22.2. The minimum absolute atomic E-state index is 0.111. The maximum Gasteiger partial charge on any atom is 0.249 e. The van der Waals surface area contributed by atoms with E-state index in [0.29, 0.717) is 13.0 Å². The summed E-state index contributed by atoms with van der Waals surface area (Å²) in [5.41, 5.74) is 8.26. The molecule has 1 aromatic carbocycles. The van der Waals surface area contributed by atoms with Crippen LogP contribution >= 0.6 is 0 Å². The largest absolute Gasteiger partial charge is 0.373 e. The molecule has 2 aromatic rings. The van der Waals surface area contributed by atoms with E-state index in [0.717, 1.165) is 55.7 Å². The summed E-state index contributed by atoms with van der Waals surface area (Å²) in [6.07, 6.45) is 7.64. The predicted octanol–water partition coefficient (Wildman–Crippen LogP) is 6.74. The number of nitrogens with one attached hydrogen (secondary N) is 1. The third-order valence-electron chi connectivity index (χ3n) is 5.87. The number of aromatic nitrogens is 1. The van der Waals surface area contributed by atoms with Gasteiger partial charge in [0.1, 0.15) is 5.82 Å². The summed E-state index contributed by atoms with van der Waals surface area (Å²) < 4.78 is 0. The molecule has 0 unspecified atom stereocenters. The van der Waals surface area contributed by atoms with E-state index < -0.39 is 0 Å². The molecule has 0 spiro atoms. The first-order valence-corrected chi connectivity index (χ1v) is 11.9. The highest BCUT2D eigenvalue weighted by Gasteiger charge is 2.20. The van der Waals surface area contributed by atoms with Gasteiger partial charge in [0.05, 0.1) is 5.52 Å². The van der Waals surface area contributed by atoms with Crippen LogP contribution in [0.2, 0.25) is 0 Å². The zero-order chi connectivity index (χ0) is 26.1. The fraction of sp³-hybridized carbons (Fsp3) is 0.300. The standard InChI is InChI=1S/C30H38N4O/c1-10-27(35)34(12-3)19-21(6)17-22(7)29(28(20(4)5)30(31-9)32-11-2)25-18-33-26-16-14-13-15-24(26)23(25)8/h10-11,13-16,18-19,31H,1,4,12,17H2,2-3,5-9H3/b21-19-,29-22+,30-28+,32-11?. The minimum Gasteiger partial charge on any atom is -0.373 e. The molecule has 1 N–H and O–H groups in total. The fourth-order valence-corrected chi connectivity index (χ4v) is 4.27. The summed E-state index contributed by atoms with van der Waals surface area (Å²) in [5.74, 6) is 0.640. The topological polar surface area (TPSA) is 57.6 Å². The SMILES string of the molecule is C=CC(=O)N(/C=C(/C)C/C(C)=C(/C(C(=C)C)=C(/N=CC)NC)c1cnc2ccccc2c1C)CC. The van der Waals surface area contributed by atoms with Crippen LogP contribution < -0.4 is 5.32 Å². The van der Waals surface area contributed by atoms with Gasteiger partial charge < -0.3 is 10.2 Å². The van der Waals surface area contributed by atoms with Gasteiger partial charge in [-0.2, -0.15) is 0 Å². The van der Waals surface area contributed by atoms with Gasteiger partial charge in [-0.05, 0) is 76.8 Å². The lowest BCUT2D eigenvalue weighted by atomic mass is 9.85. The van der Waals surface area contributed by atoms with Crippen molar-refractivity contribution in [3.8, 4) is 0 Å². The van der Waals surface area contributed by atoms with Crippen molar-refractivity contribution in [1.29, 1.82) is 0 Å². The van der Waals surface area contributed by atoms with E-state index in [1.165, 1.54) is 6.08 Å². The van der Waals surface area contributed by atoms with Crippen molar-refractivity contribution in [2.45, 2.75) is 48.0 Å². The summed E-state index contributed by atoms with van der Waals surface area (Å²) in [4.78, 5) is 23.2. The van der Waals surface area contributed by atoms with E-state index in [2.05, 4.69) is 43.4 Å². The Balaban J connectivity index is 2.85. The third-order valence-corrected chi connectivity index (χ3v) is 5.87. The van der Waals surface area contributed by atoms with Crippen molar-refractivity contribution in [2.24, 2.45) is 4.99 Å². The number of fused-ring (bicyclic) bond motifs is 1. The van der Waals surface area contributed by atoms with Crippen LogP contribution in [-0.2, 0) is 4.79 Å². The average Bonchev–Trinajstić information content (AvgIpc) is 2.84. The molecule has 0 atom stereocenters. The average molecular weight is 471 g/mol. The number of para-hydroxylation sites is 1. The second-order valence-electron chi connectivity index (χ2n) is 8.59. The number of rotatable bonds is 10. The molecule has 184 valence electrons. The van der Waals surface area contributed by atoms with E-state index in [9.17, 15) is 4.79 Å². The Hall–Kier alpha value is -3.73. The quantitative estimate of drug-likeness (QED) is 0.238. The van der Waals surface area contributed by atoms with Crippen LogP contribution in [0.15, 0.2) is 89.0 Å². The van der Waals surface area contributed by atoms with Crippen molar-refractivity contribution < 1.29 is 4.79 Å². The number of likely N-dealkylation sites (N-methyl/N-ethyl adjacent to an activating group) is 1. The molecule has 0 saturated heterocycles. The predicted molar refractivity (Wildman–Crippen MR) is 150 cm³/mol. The summed E-state index contributed by atoms with van der Waals surface area (Å²) in [7, 11) is 1.87. The number of hydrogen-bond acceptors (Lipinski definition) is 4. The van der Waals surface area contributed by atoms with E-state index in [4.69, 9.17) is 4.98 Å². The van der Waals surface area contributed by atoms with Crippen molar-refractivity contribution in [1.82, 2.24) is 15.2 Å². The molecule has 5 nitrogen and oxygen atoms in total. The molecule has 1 amide bonds. The Morgan fingerprint density at radius 1 is 1.23 bits per heavy atom. The van der Waals surface area contributed by atoms with Crippen LogP contribution in [0.25, 0.3) is 16.5 Å². The molecule has 0 fully saturated rings. The molecule has 5 heteroatoms. The smallest absolute Gasteiger partial charge is 0.249 e. The molecule has 0 bridgehead atoms. The second kappa shape index (κ2) is 12.7. The summed E-state index contributed by atoms with van der Waals surface area (Å²) in [5, 5.41) is 4.36. The number of carbonyl (C=O) groups is 1. The minimum atomic E-state index is -0.111. The monoisotopic (exact) mass is 470 g/mol. The number of carbonyl (C=O) groups excluding carboxylic acids is 1. The maximum atomic E-state index is 12.2. The number of nitrogens with zero attached hydrogens (tertiary/aromatic N) is 3. The Kier molecular flexibility index (Phi) is 9.95. The van der Waals surface area contributed by atoms with Gasteiger partial charge in [0.15, 0.2) is 0 Å². The van der Waals surface area contributed by atoms with Gasteiger partial charge in [0.25, 0.3) is 0 Å².